The molecule has 1 heterocycles. The van der Waals surface area contributed by atoms with E-state index in [1.54, 1.807) is 0 Å². The molecule has 0 saturated carbocycles. The number of aromatic nitrogens is 1. The van der Waals surface area contributed by atoms with Crippen LogP contribution in [0.4, 0.5) is 11.5 Å². The first-order valence-electron chi connectivity index (χ1n) is 5.68. The monoisotopic (exact) mass is 248 g/mol. The van der Waals surface area contributed by atoms with E-state index in [1.807, 2.05) is 6.07 Å². The molecule has 6 nitrogen and oxygen atoms in total. The number of anilines is 1. The summed E-state index contributed by atoms with van der Waals surface area (Å²) >= 11 is 0. The lowest BCUT2D eigenvalue weighted by molar-refractivity contribution is -0.385. The lowest BCUT2D eigenvalue weighted by Crippen LogP contribution is -2.22. The van der Waals surface area contributed by atoms with Gasteiger partial charge in [-0.25, -0.2) is 4.98 Å². The van der Waals surface area contributed by atoms with E-state index < -0.39 is 4.92 Å². The van der Waals surface area contributed by atoms with Gasteiger partial charge < -0.3 is 5.32 Å². The zero-order chi connectivity index (χ0) is 13.8. The molecule has 0 bridgehead atoms. The molecule has 0 aliphatic carbocycles. The Balaban J connectivity index is 2.91. The highest BCUT2D eigenvalue weighted by molar-refractivity contribution is 5.55. The van der Waals surface area contributed by atoms with E-state index >= 15 is 0 Å². The number of nitriles is 1. The third-order valence-corrected chi connectivity index (χ3v) is 2.90. The summed E-state index contributed by atoms with van der Waals surface area (Å²) in [7, 11) is 0. The molecule has 0 aliphatic heterocycles. The molecule has 0 aromatic carbocycles. The molecular weight excluding hydrogens is 232 g/mol. The van der Waals surface area contributed by atoms with E-state index in [0.717, 1.165) is 12.6 Å². The first-order valence-corrected chi connectivity index (χ1v) is 5.68. The van der Waals surface area contributed by atoms with Crippen LogP contribution < -0.4 is 5.32 Å². The van der Waals surface area contributed by atoms with Crippen LogP contribution in [0.2, 0.25) is 0 Å². The maximum atomic E-state index is 10.6. The minimum absolute atomic E-state index is 0.0795. The van der Waals surface area contributed by atoms with Gasteiger partial charge in [-0.15, -0.1) is 0 Å². The number of nitrogens with one attached hydrogen (secondary N) is 1. The van der Waals surface area contributed by atoms with Crippen molar-refractivity contribution >= 4 is 11.5 Å². The van der Waals surface area contributed by atoms with Crippen LogP contribution in [0, 0.1) is 26.9 Å². The van der Waals surface area contributed by atoms with Crippen LogP contribution in [0.3, 0.4) is 0 Å². The third-order valence-electron chi connectivity index (χ3n) is 2.90. The topological polar surface area (TPSA) is 91.8 Å². The molecule has 0 aliphatic rings. The van der Waals surface area contributed by atoms with Crippen LogP contribution in [0.15, 0.2) is 12.3 Å². The molecule has 0 saturated heterocycles. The van der Waals surface area contributed by atoms with Crippen LogP contribution in [-0.4, -0.2) is 16.5 Å². The molecular formula is C12H16N4O2. The van der Waals surface area contributed by atoms with E-state index in [1.165, 1.54) is 6.07 Å². The molecule has 0 radical (unpaired) electrons. The van der Waals surface area contributed by atoms with Gasteiger partial charge in [-0.1, -0.05) is 20.8 Å². The van der Waals surface area contributed by atoms with Crippen molar-refractivity contribution in [3.05, 3.63) is 27.9 Å². The molecule has 0 atom stereocenters. The van der Waals surface area contributed by atoms with Gasteiger partial charge in [0.05, 0.1) is 4.92 Å². The number of nitrogens with zero attached hydrogens (tertiary/aromatic N) is 3. The van der Waals surface area contributed by atoms with Crippen molar-refractivity contribution in [2.45, 2.75) is 27.2 Å². The molecule has 0 fully saturated rings. The Labute approximate surface area is 106 Å². The standard InChI is InChI=1S/C12H16N4O2/c1-4-12(2,3)8-15-11-9(6-13)5-10(7-14-11)16(17)18/h5,7H,4,8H2,1-3H3,(H,14,15). The number of pyridine rings is 1. The highest BCUT2D eigenvalue weighted by Crippen LogP contribution is 2.22. The fourth-order valence-electron chi connectivity index (χ4n) is 1.23. The van der Waals surface area contributed by atoms with E-state index in [9.17, 15) is 10.1 Å². The average molecular weight is 248 g/mol. The molecule has 1 aromatic rings. The summed E-state index contributed by atoms with van der Waals surface area (Å²) in [5.74, 6) is 0.393. The number of hydrogen-bond acceptors (Lipinski definition) is 5. The number of nitro groups is 1. The minimum atomic E-state index is -0.562. The Kier molecular flexibility index (Phi) is 4.21. The molecule has 0 unspecified atom stereocenters. The first-order chi connectivity index (χ1) is 8.39. The van der Waals surface area contributed by atoms with Gasteiger partial charge in [-0.2, -0.15) is 5.26 Å². The summed E-state index contributed by atoms with van der Waals surface area (Å²) < 4.78 is 0. The second kappa shape index (κ2) is 5.45. The zero-order valence-electron chi connectivity index (χ0n) is 10.7. The molecule has 1 aromatic heterocycles. The van der Waals surface area contributed by atoms with Gasteiger partial charge in [0, 0.05) is 12.6 Å². The maximum absolute atomic E-state index is 10.6. The number of hydrogen-bond donors (Lipinski definition) is 1. The summed E-state index contributed by atoms with van der Waals surface area (Å²) in [6.07, 6.45) is 2.14. The van der Waals surface area contributed by atoms with Gasteiger partial charge in [-0.05, 0) is 11.8 Å². The van der Waals surface area contributed by atoms with Crippen LogP contribution in [-0.2, 0) is 0 Å². The van der Waals surface area contributed by atoms with Gasteiger partial charge >= 0.3 is 0 Å². The van der Waals surface area contributed by atoms with Crippen LogP contribution >= 0.6 is 0 Å². The Hall–Kier alpha value is -2.16. The van der Waals surface area contributed by atoms with Gasteiger partial charge in [-0.3, -0.25) is 10.1 Å². The van der Waals surface area contributed by atoms with E-state index in [-0.39, 0.29) is 16.7 Å². The fraction of sp³-hybridized carbons (Fsp3) is 0.500. The molecule has 18 heavy (non-hydrogen) atoms. The van der Waals surface area contributed by atoms with Crippen LogP contribution in [0.1, 0.15) is 32.8 Å². The van der Waals surface area contributed by atoms with Crippen molar-refractivity contribution in [1.82, 2.24) is 4.98 Å². The lowest BCUT2D eigenvalue weighted by atomic mass is 9.90. The normalized spacial score (nSPS) is 10.8. The van der Waals surface area contributed by atoms with Gasteiger partial charge in [0.15, 0.2) is 0 Å². The third kappa shape index (κ3) is 3.42. The summed E-state index contributed by atoms with van der Waals surface area (Å²) in [5, 5.41) is 22.6. The summed E-state index contributed by atoms with van der Waals surface area (Å²) in [6, 6.07) is 3.15. The molecule has 1 N–H and O–H groups in total. The molecule has 0 amide bonds. The Bertz CT molecular complexity index is 491. The second-order valence-corrected chi connectivity index (χ2v) is 4.83. The fourth-order valence-corrected chi connectivity index (χ4v) is 1.23. The lowest BCUT2D eigenvalue weighted by Gasteiger charge is -2.23. The van der Waals surface area contributed by atoms with Crippen molar-refractivity contribution in [1.29, 1.82) is 5.26 Å². The highest BCUT2D eigenvalue weighted by Gasteiger charge is 2.17. The smallest absolute Gasteiger partial charge is 0.289 e. The average Bonchev–Trinajstić information content (AvgIpc) is 2.36. The van der Waals surface area contributed by atoms with E-state index in [2.05, 4.69) is 31.1 Å². The van der Waals surface area contributed by atoms with Crippen molar-refractivity contribution in [3.63, 3.8) is 0 Å². The van der Waals surface area contributed by atoms with Crippen molar-refractivity contribution in [2.75, 3.05) is 11.9 Å². The predicted octanol–water partition coefficient (Wildman–Crippen LogP) is 2.71. The SMILES string of the molecule is CCC(C)(C)CNc1ncc([N+](=O)[O-])cc1C#N. The zero-order valence-corrected chi connectivity index (χ0v) is 10.7. The van der Waals surface area contributed by atoms with Crippen molar-refractivity contribution < 1.29 is 4.92 Å². The largest absolute Gasteiger partial charge is 0.368 e. The van der Waals surface area contributed by atoms with Crippen LogP contribution in [0.5, 0.6) is 0 Å². The van der Waals surface area contributed by atoms with E-state index in [4.69, 9.17) is 5.26 Å². The van der Waals surface area contributed by atoms with Crippen molar-refractivity contribution in [2.24, 2.45) is 5.41 Å². The Morgan fingerprint density at radius 2 is 2.28 bits per heavy atom. The Morgan fingerprint density at radius 3 is 2.78 bits per heavy atom. The minimum Gasteiger partial charge on any atom is -0.368 e. The first kappa shape index (κ1) is 13.9. The number of rotatable bonds is 5. The predicted molar refractivity (Wildman–Crippen MR) is 68.2 cm³/mol. The van der Waals surface area contributed by atoms with Crippen molar-refractivity contribution in [3.8, 4) is 6.07 Å². The summed E-state index contributed by atoms with van der Waals surface area (Å²) in [5.41, 5.74) is 0.0962. The molecule has 6 heteroatoms. The molecule has 1 rings (SSSR count). The molecule has 96 valence electrons. The second-order valence-electron chi connectivity index (χ2n) is 4.83. The van der Waals surface area contributed by atoms with Crippen LogP contribution in [0.25, 0.3) is 0 Å². The van der Waals surface area contributed by atoms with Gasteiger partial charge in [0.1, 0.15) is 23.6 Å². The van der Waals surface area contributed by atoms with Gasteiger partial charge in [0.2, 0.25) is 0 Å². The molecule has 0 spiro atoms. The maximum Gasteiger partial charge on any atom is 0.289 e. The summed E-state index contributed by atoms with van der Waals surface area (Å²) in [6.45, 7) is 6.92. The highest BCUT2D eigenvalue weighted by atomic mass is 16.6. The van der Waals surface area contributed by atoms with E-state index in [0.29, 0.717) is 12.4 Å². The Morgan fingerprint density at radius 1 is 1.61 bits per heavy atom. The quantitative estimate of drug-likeness (QED) is 0.638. The van der Waals surface area contributed by atoms with Gasteiger partial charge in [0.25, 0.3) is 5.69 Å². The summed E-state index contributed by atoms with van der Waals surface area (Å²) in [4.78, 5) is 14.0.